The predicted molar refractivity (Wildman–Crippen MR) is 168 cm³/mol. The molecular formula is C32H33N2O3PS2. The third kappa shape index (κ3) is 5.76. The summed E-state index contributed by atoms with van der Waals surface area (Å²) in [7, 11) is -4.85. The van der Waals surface area contributed by atoms with Gasteiger partial charge < -0.3 is 4.55 Å². The fourth-order valence-corrected chi connectivity index (χ4v) is 9.32. The zero-order valence-electron chi connectivity index (χ0n) is 22.6. The Balaban J connectivity index is 1.76. The van der Waals surface area contributed by atoms with Gasteiger partial charge in [-0.2, -0.15) is 5.14 Å². The first-order chi connectivity index (χ1) is 19.2. The van der Waals surface area contributed by atoms with E-state index in [0.29, 0.717) is 24.5 Å². The van der Waals surface area contributed by atoms with E-state index in [1.165, 1.54) is 10.6 Å². The molecule has 40 heavy (non-hydrogen) atoms. The van der Waals surface area contributed by atoms with Crippen molar-refractivity contribution in [3.63, 3.8) is 0 Å². The lowest BCUT2D eigenvalue weighted by Gasteiger charge is -2.25. The highest BCUT2D eigenvalue weighted by molar-refractivity contribution is 7.90. The van der Waals surface area contributed by atoms with Crippen LogP contribution in [0.25, 0.3) is 10.9 Å². The van der Waals surface area contributed by atoms with Crippen LogP contribution in [0, 0.1) is 0 Å². The first-order valence-corrected chi connectivity index (χ1v) is 17.3. The molecule has 0 aliphatic heterocycles. The highest BCUT2D eigenvalue weighted by atomic mass is 32.2. The van der Waals surface area contributed by atoms with Gasteiger partial charge in [-0.3, -0.25) is 0 Å². The maximum absolute atomic E-state index is 14.3. The van der Waals surface area contributed by atoms with Crippen LogP contribution in [0.5, 0.6) is 0 Å². The van der Waals surface area contributed by atoms with E-state index >= 15 is 0 Å². The SMILES string of the molecule is CC(C)(CCc1c(CP(c2ccccc2)c2ccccc2)n(S(=O)(=O)c2ccccc2)c2ccccc12)[S+](N)[O-]. The number of aromatic nitrogens is 1. The van der Waals surface area contributed by atoms with Crippen LogP contribution < -0.4 is 15.7 Å². The van der Waals surface area contributed by atoms with Gasteiger partial charge >= 0.3 is 0 Å². The Labute approximate surface area is 241 Å². The van der Waals surface area contributed by atoms with Crippen molar-refractivity contribution in [2.24, 2.45) is 5.14 Å². The molecule has 1 heterocycles. The number of nitrogens with zero attached hydrogens (tertiary/aromatic N) is 1. The Morgan fingerprint density at radius 2 is 1.30 bits per heavy atom. The molecule has 5 aromatic rings. The van der Waals surface area contributed by atoms with E-state index in [9.17, 15) is 13.0 Å². The van der Waals surface area contributed by atoms with E-state index in [2.05, 4.69) is 24.3 Å². The molecule has 0 aliphatic carbocycles. The van der Waals surface area contributed by atoms with Crippen molar-refractivity contribution in [2.75, 3.05) is 0 Å². The number of rotatable bonds is 10. The van der Waals surface area contributed by atoms with Gasteiger partial charge in [-0.25, -0.2) is 12.4 Å². The van der Waals surface area contributed by atoms with Crippen LogP contribution in [0.4, 0.5) is 0 Å². The smallest absolute Gasteiger partial charge is 0.268 e. The summed E-state index contributed by atoms with van der Waals surface area (Å²) in [6.45, 7) is 3.78. The zero-order valence-corrected chi connectivity index (χ0v) is 25.1. The van der Waals surface area contributed by atoms with Crippen molar-refractivity contribution in [1.82, 2.24) is 3.97 Å². The molecule has 0 spiro atoms. The minimum absolute atomic E-state index is 0.246. The number of fused-ring (bicyclic) bond motifs is 1. The van der Waals surface area contributed by atoms with Gasteiger partial charge in [-0.1, -0.05) is 97.1 Å². The van der Waals surface area contributed by atoms with Crippen LogP contribution in [0.1, 0.15) is 31.5 Å². The second-order valence-corrected chi connectivity index (χ2v) is 16.0. The molecule has 1 aromatic heterocycles. The number of benzene rings is 4. The van der Waals surface area contributed by atoms with E-state index < -0.39 is 34.1 Å². The molecule has 5 nitrogen and oxygen atoms in total. The Morgan fingerprint density at radius 3 is 1.85 bits per heavy atom. The third-order valence-electron chi connectivity index (χ3n) is 7.29. The Bertz CT molecular complexity index is 1650. The molecule has 0 fully saturated rings. The Hall–Kier alpha value is -2.93. The average molecular weight is 589 g/mol. The van der Waals surface area contributed by atoms with Crippen molar-refractivity contribution in [1.29, 1.82) is 0 Å². The summed E-state index contributed by atoms with van der Waals surface area (Å²) < 4.78 is 42.0. The number of aryl methyl sites for hydroxylation is 1. The summed E-state index contributed by atoms with van der Waals surface area (Å²) in [6, 6.07) is 36.9. The molecule has 8 heteroatoms. The van der Waals surface area contributed by atoms with Crippen molar-refractivity contribution in [3.05, 3.63) is 127 Å². The highest BCUT2D eigenvalue weighted by Crippen LogP contribution is 2.43. The second-order valence-electron chi connectivity index (χ2n) is 10.3. The zero-order chi connectivity index (χ0) is 28.3. The average Bonchev–Trinajstić information content (AvgIpc) is 3.29. The molecule has 4 aromatic carbocycles. The summed E-state index contributed by atoms with van der Waals surface area (Å²) in [5.41, 5.74) is 2.38. The largest absolute Gasteiger partial charge is 0.598 e. The number of hydrogen-bond acceptors (Lipinski definition) is 4. The summed E-state index contributed by atoms with van der Waals surface area (Å²) in [4.78, 5) is 0.246. The summed E-state index contributed by atoms with van der Waals surface area (Å²) in [5.74, 6) is 0. The molecule has 1 unspecified atom stereocenters. The summed E-state index contributed by atoms with van der Waals surface area (Å²) in [5, 5.41) is 9.08. The van der Waals surface area contributed by atoms with Gasteiger partial charge in [0.15, 0.2) is 0 Å². The Morgan fingerprint density at radius 1 is 0.800 bits per heavy atom. The monoisotopic (exact) mass is 588 g/mol. The van der Waals surface area contributed by atoms with E-state index in [-0.39, 0.29) is 4.90 Å². The molecule has 206 valence electrons. The predicted octanol–water partition coefficient (Wildman–Crippen LogP) is 5.84. The van der Waals surface area contributed by atoms with E-state index in [0.717, 1.165) is 16.6 Å². The first kappa shape index (κ1) is 28.6. The quantitative estimate of drug-likeness (QED) is 0.164. The normalized spacial score (nSPS) is 13.1. The van der Waals surface area contributed by atoms with Crippen molar-refractivity contribution in [3.8, 4) is 0 Å². The topological polar surface area (TPSA) is 88.2 Å². The van der Waals surface area contributed by atoms with Crippen LogP contribution in [0.3, 0.4) is 0 Å². The summed E-state index contributed by atoms with van der Waals surface area (Å²) in [6.07, 6.45) is 1.64. The van der Waals surface area contributed by atoms with Crippen LogP contribution in [0.15, 0.2) is 120 Å². The lowest BCUT2D eigenvalue weighted by atomic mass is 9.99. The molecule has 2 N–H and O–H groups in total. The number of nitrogens with two attached hydrogens (primary N) is 1. The van der Waals surface area contributed by atoms with Crippen LogP contribution in [0.2, 0.25) is 0 Å². The fraction of sp³-hybridized carbons (Fsp3) is 0.188. The minimum atomic E-state index is -3.91. The van der Waals surface area contributed by atoms with Gasteiger partial charge in [0.25, 0.3) is 10.0 Å². The second kappa shape index (κ2) is 11.9. The Kier molecular flexibility index (Phi) is 8.50. The van der Waals surface area contributed by atoms with Crippen LogP contribution in [-0.4, -0.2) is 21.7 Å². The third-order valence-corrected chi connectivity index (χ3v) is 12.8. The van der Waals surface area contributed by atoms with Crippen molar-refractivity contribution >= 4 is 50.8 Å². The van der Waals surface area contributed by atoms with Gasteiger partial charge in [0.05, 0.1) is 10.4 Å². The van der Waals surface area contributed by atoms with Crippen molar-refractivity contribution in [2.45, 2.75) is 42.5 Å². The van der Waals surface area contributed by atoms with Gasteiger partial charge in [0, 0.05) is 35.0 Å². The molecule has 1 atom stereocenters. The molecular weight excluding hydrogens is 555 g/mol. The van der Waals surface area contributed by atoms with Gasteiger partial charge in [0.1, 0.15) is 4.75 Å². The standard InChI is InChI=1S/C32H33N2O3PS2/c1-32(2,39(33)35)23-22-29-28-20-12-13-21-30(28)34(40(36,37)27-18-10-5-11-19-27)31(29)24-38(25-14-6-3-7-15-25)26-16-8-4-9-17-26/h3-21H,22-24,33H2,1-2H3. The summed E-state index contributed by atoms with van der Waals surface area (Å²) >= 11 is -1.52. The van der Waals surface area contributed by atoms with Gasteiger partial charge in [-0.15, -0.1) is 0 Å². The fourth-order valence-electron chi connectivity index (χ4n) is 4.96. The van der Waals surface area contributed by atoms with Gasteiger partial charge in [0.2, 0.25) is 0 Å². The number of para-hydroxylation sites is 1. The van der Waals surface area contributed by atoms with E-state index in [1.807, 2.05) is 80.6 Å². The van der Waals surface area contributed by atoms with E-state index in [1.54, 1.807) is 28.2 Å². The molecule has 0 aliphatic rings. The maximum atomic E-state index is 14.3. The highest BCUT2D eigenvalue weighted by Gasteiger charge is 2.33. The van der Waals surface area contributed by atoms with Gasteiger partial charge in [-0.05, 0) is 62.6 Å². The molecule has 0 bridgehead atoms. The lowest BCUT2D eigenvalue weighted by molar-refractivity contribution is 0.527. The molecule has 5 rings (SSSR count). The van der Waals surface area contributed by atoms with Crippen LogP contribution >= 0.6 is 7.92 Å². The first-order valence-electron chi connectivity index (χ1n) is 13.2. The van der Waals surface area contributed by atoms with Crippen LogP contribution in [-0.2, 0) is 34.0 Å². The lowest BCUT2D eigenvalue weighted by Crippen LogP contribution is -2.38. The minimum Gasteiger partial charge on any atom is -0.598 e. The number of hydrogen-bond donors (Lipinski definition) is 1. The molecule has 0 amide bonds. The van der Waals surface area contributed by atoms with E-state index in [4.69, 9.17) is 5.14 Å². The molecule has 0 radical (unpaired) electrons. The molecule has 0 saturated carbocycles. The van der Waals surface area contributed by atoms with Crippen molar-refractivity contribution < 1.29 is 13.0 Å². The molecule has 0 saturated heterocycles. The maximum Gasteiger partial charge on any atom is 0.268 e.